The number of carbonyl (C=O) groups excluding carboxylic acids is 1. The van der Waals surface area contributed by atoms with Crippen LogP contribution in [-0.2, 0) is 4.74 Å². The highest BCUT2D eigenvalue weighted by molar-refractivity contribution is 6.30. The van der Waals surface area contributed by atoms with Gasteiger partial charge >= 0.3 is 6.09 Å². The lowest BCUT2D eigenvalue weighted by Crippen LogP contribution is -2.12. The molecule has 0 saturated carbocycles. The van der Waals surface area contributed by atoms with Gasteiger partial charge in [-0.3, -0.25) is 0 Å². The van der Waals surface area contributed by atoms with Gasteiger partial charge in [-0.2, -0.15) is 0 Å². The third-order valence-corrected chi connectivity index (χ3v) is 2.25. The van der Waals surface area contributed by atoms with Gasteiger partial charge in [-0.25, -0.2) is 4.79 Å². The molecule has 1 aliphatic rings. The predicted molar refractivity (Wildman–Crippen MR) is 50.3 cm³/mol. The van der Waals surface area contributed by atoms with Crippen molar-refractivity contribution in [2.75, 3.05) is 6.54 Å². The van der Waals surface area contributed by atoms with Crippen molar-refractivity contribution in [1.82, 2.24) is 5.32 Å². The topological polar surface area (TPSA) is 58.6 Å². The standard InChI is InChI=1S/C9H8ClNO3/c10-5-1-2-7(12)6(3-5)8-4-11-9(13)14-8/h1-3,8,12H,4H2,(H,11,13). The van der Waals surface area contributed by atoms with Gasteiger partial charge in [0.15, 0.2) is 0 Å². The Hall–Kier alpha value is -1.42. The van der Waals surface area contributed by atoms with Gasteiger partial charge in [0.25, 0.3) is 0 Å². The third kappa shape index (κ3) is 1.61. The Bertz CT molecular complexity index is 380. The van der Waals surface area contributed by atoms with Crippen LogP contribution in [0.2, 0.25) is 5.02 Å². The molecular weight excluding hydrogens is 206 g/mol. The predicted octanol–water partition coefficient (Wildman–Crippen LogP) is 1.83. The first-order chi connectivity index (χ1) is 6.66. The molecule has 14 heavy (non-hydrogen) atoms. The summed E-state index contributed by atoms with van der Waals surface area (Å²) in [6, 6.07) is 4.64. The van der Waals surface area contributed by atoms with Gasteiger partial charge in [0.05, 0.1) is 6.54 Å². The van der Waals surface area contributed by atoms with E-state index in [1.165, 1.54) is 6.07 Å². The van der Waals surface area contributed by atoms with E-state index in [1.807, 2.05) is 0 Å². The number of amides is 1. The Labute approximate surface area is 85.4 Å². The number of aromatic hydroxyl groups is 1. The van der Waals surface area contributed by atoms with Crippen LogP contribution in [0.4, 0.5) is 4.79 Å². The van der Waals surface area contributed by atoms with Crippen molar-refractivity contribution >= 4 is 17.7 Å². The number of halogens is 1. The molecular formula is C9H8ClNO3. The Kier molecular flexibility index (Phi) is 2.21. The van der Waals surface area contributed by atoms with Crippen LogP contribution in [0.25, 0.3) is 0 Å². The number of phenols is 1. The van der Waals surface area contributed by atoms with E-state index in [9.17, 15) is 9.90 Å². The minimum absolute atomic E-state index is 0.0795. The molecule has 2 rings (SSSR count). The molecule has 0 radical (unpaired) electrons. The summed E-state index contributed by atoms with van der Waals surface area (Å²) in [6.45, 7) is 0.354. The minimum atomic E-state index is -0.477. The summed E-state index contributed by atoms with van der Waals surface area (Å²) in [7, 11) is 0. The summed E-state index contributed by atoms with van der Waals surface area (Å²) < 4.78 is 4.91. The first-order valence-electron chi connectivity index (χ1n) is 4.10. The van der Waals surface area contributed by atoms with Crippen molar-refractivity contribution in [3.8, 4) is 5.75 Å². The number of carbonyl (C=O) groups is 1. The average Bonchev–Trinajstić information content (AvgIpc) is 2.56. The van der Waals surface area contributed by atoms with Gasteiger partial charge in [0.2, 0.25) is 0 Å². The average molecular weight is 214 g/mol. The Balaban J connectivity index is 2.31. The van der Waals surface area contributed by atoms with Gasteiger partial charge in [-0.1, -0.05) is 11.6 Å². The lowest BCUT2D eigenvalue weighted by atomic mass is 10.1. The Morgan fingerprint density at radius 1 is 1.57 bits per heavy atom. The SMILES string of the molecule is O=C1NCC(c2cc(Cl)ccc2O)O1. The van der Waals surface area contributed by atoms with E-state index >= 15 is 0 Å². The fraction of sp³-hybridized carbons (Fsp3) is 0.222. The summed E-state index contributed by atoms with van der Waals surface area (Å²) in [6.07, 6.45) is -0.935. The van der Waals surface area contributed by atoms with E-state index in [1.54, 1.807) is 12.1 Å². The van der Waals surface area contributed by atoms with Crippen molar-refractivity contribution in [1.29, 1.82) is 0 Å². The molecule has 4 nitrogen and oxygen atoms in total. The molecule has 0 bridgehead atoms. The van der Waals surface area contributed by atoms with E-state index in [0.29, 0.717) is 17.1 Å². The number of ether oxygens (including phenoxy) is 1. The quantitative estimate of drug-likeness (QED) is 0.748. The van der Waals surface area contributed by atoms with Crippen LogP contribution in [0.1, 0.15) is 11.7 Å². The zero-order chi connectivity index (χ0) is 10.1. The van der Waals surface area contributed by atoms with Crippen molar-refractivity contribution in [2.45, 2.75) is 6.10 Å². The molecule has 1 aliphatic heterocycles. The van der Waals surface area contributed by atoms with Gasteiger partial charge in [-0.15, -0.1) is 0 Å². The van der Waals surface area contributed by atoms with Crippen LogP contribution in [-0.4, -0.2) is 17.7 Å². The minimum Gasteiger partial charge on any atom is -0.508 e. The van der Waals surface area contributed by atoms with Gasteiger partial charge < -0.3 is 15.2 Å². The zero-order valence-corrected chi connectivity index (χ0v) is 7.91. The molecule has 1 fully saturated rings. The smallest absolute Gasteiger partial charge is 0.407 e. The highest BCUT2D eigenvalue weighted by atomic mass is 35.5. The van der Waals surface area contributed by atoms with Crippen LogP contribution < -0.4 is 5.32 Å². The molecule has 5 heteroatoms. The number of hydrogen-bond donors (Lipinski definition) is 2. The van der Waals surface area contributed by atoms with Gasteiger partial charge in [0.1, 0.15) is 11.9 Å². The fourth-order valence-corrected chi connectivity index (χ4v) is 1.53. The molecule has 1 saturated heterocycles. The number of cyclic esters (lactones) is 1. The molecule has 1 atom stereocenters. The summed E-state index contributed by atoms with van der Waals surface area (Å²) >= 11 is 5.76. The molecule has 1 unspecified atom stereocenters. The maximum atomic E-state index is 10.8. The highest BCUT2D eigenvalue weighted by Crippen LogP contribution is 2.30. The molecule has 1 aromatic carbocycles. The largest absolute Gasteiger partial charge is 0.508 e. The maximum absolute atomic E-state index is 10.8. The first kappa shape index (κ1) is 9.15. The number of rotatable bonds is 1. The summed E-state index contributed by atoms with van der Waals surface area (Å²) in [5.41, 5.74) is 0.524. The first-order valence-corrected chi connectivity index (χ1v) is 4.47. The second-order valence-electron chi connectivity index (χ2n) is 2.98. The molecule has 2 N–H and O–H groups in total. The number of benzene rings is 1. The summed E-state index contributed by atoms with van der Waals surface area (Å²) in [5.74, 6) is 0.0795. The number of phenolic OH excluding ortho intramolecular Hbond substituents is 1. The van der Waals surface area contributed by atoms with Crippen LogP contribution >= 0.6 is 11.6 Å². The lowest BCUT2D eigenvalue weighted by molar-refractivity contribution is 0.139. The van der Waals surface area contributed by atoms with E-state index in [2.05, 4.69) is 5.32 Å². The molecule has 0 aromatic heterocycles. The van der Waals surface area contributed by atoms with Crippen molar-refractivity contribution < 1.29 is 14.6 Å². The van der Waals surface area contributed by atoms with Crippen LogP contribution in [0, 0.1) is 0 Å². The monoisotopic (exact) mass is 213 g/mol. The van der Waals surface area contributed by atoms with Gasteiger partial charge in [0, 0.05) is 10.6 Å². The highest BCUT2D eigenvalue weighted by Gasteiger charge is 2.26. The summed E-state index contributed by atoms with van der Waals surface area (Å²) in [5, 5.41) is 12.5. The van der Waals surface area contributed by atoms with Crippen molar-refractivity contribution in [3.05, 3.63) is 28.8 Å². The third-order valence-electron chi connectivity index (χ3n) is 2.02. The van der Waals surface area contributed by atoms with E-state index in [-0.39, 0.29) is 5.75 Å². The number of alkyl carbamates (subject to hydrolysis) is 1. The second kappa shape index (κ2) is 3.38. The molecule has 1 aromatic rings. The zero-order valence-electron chi connectivity index (χ0n) is 7.16. The molecule has 0 aliphatic carbocycles. The van der Waals surface area contributed by atoms with Crippen LogP contribution in [0.3, 0.4) is 0 Å². The van der Waals surface area contributed by atoms with Crippen LogP contribution in [0.5, 0.6) is 5.75 Å². The Morgan fingerprint density at radius 2 is 2.36 bits per heavy atom. The molecule has 1 amide bonds. The molecule has 0 spiro atoms. The van der Waals surface area contributed by atoms with Crippen LogP contribution in [0.15, 0.2) is 18.2 Å². The van der Waals surface area contributed by atoms with Crippen molar-refractivity contribution in [2.24, 2.45) is 0 Å². The molecule has 74 valence electrons. The summed E-state index contributed by atoms with van der Waals surface area (Å²) in [4.78, 5) is 10.8. The normalized spacial score (nSPS) is 20.4. The van der Waals surface area contributed by atoms with E-state index in [0.717, 1.165) is 0 Å². The molecule has 1 heterocycles. The second-order valence-corrected chi connectivity index (χ2v) is 3.41. The maximum Gasteiger partial charge on any atom is 0.407 e. The fourth-order valence-electron chi connectivity index (χ4n) is 1.35. The number of hydrogen-bond acceptors (Lipinski definition) is 3. The van der Waals surface area contributed by atoms with E-state index < -0.39 is 12.2 Å². The Morgan fingerprint density at radius 3 is 3.00 bits per heavy atom. The van der Waals surface area contributed by atoms with E-state index in [4.69, 9.17) is 16.3 Å². The van der Waals surface area contributed by atoms with Crippen molar-refractivity contribution in [3.63, 3.8) is 0 Å². The van der Waals surface area contributed by atoms with Gasteiger partial charge in [-0.05, 0) is 18.2 Å². The lowest BCUT2D eigenvalue weighted by Gasteiger charge is -2.09. The number of nitrogens with one attached hydrogen (secondary N) is 1.